The number of aromatic nitrogens is 4. The SMILES string of the molecule is C=C(Nc1c(C)c(-c2cnc(N3CC(C)(O)C3)nc2)nn1-c1ccccc1)[C@@H](N)CC. The molecule has 3 aromatic rings. The fourth-order valence-corrected chi connectivity index (χ4v) is 3.69. The summed E-state index contributed by atoms with van der Waals surface area (Å²) in [5, 5.41) is 18.2. The van der Waals surface area contributed by atoms with E-state index in [2.05, 4.69) is 21.9 Å². The Morgan fingerprint density at radius 2 is 1.90 bits per heavy atom. The first kappa shape index (κ1) is 21.0. The van der Waals surface area contributed by atoms with Crippen LogP contribution in [0.15, 0.2) is 55.0 Å². The Morgan fingerprint density at radius 3 is 2.48 bits per heavy atom. The van der Waals surface area contributed by atoms with E-state index >= 15 is 0 Å². The summed E-state index contributed by atoms with van der Waals surface area (Å²) in [7, 11) is 0. The fourth-order valence-electron chi connectivity index (χ4n) is 3.69. The monoisotopic (exact) mass is 419 g/mol. The van der Waals surface area contributed by atoms with Crippen molar-refractivity contribution in [1.82, 2.24) is 19.7 Å². The Balaban J connectivity index is 1.69. The molecule has 1 saturated heterocycles. The van der Waals surface area contributed by atoms with Crippen LogP contribution in [0.1, 0.15) is 25.8 Å². The van der Waals surface area contributed by atoms with Gasteiger partial charge in [-0.3, -0.25) is 0 Å². The maximum Gasteiger partial charge on any atom is 0.225 e. The highest BCUT2D eigenvalue weighted by atomic mass is 16.3. The quantitative estimate of drug-likeness (QED) is 0.541. The molecule has 0 spiro atoms. The van der Waals surface area contributed by atoms with Gasteiger partial charge >= 0.3 is 0 Å². The van der Waals surface area contributed by atoms with Gasteiger partial charge in [-0.1, -0.05) is 31.7 Å². The molecule has 2 aromatic heterocycles. The summed E-state index contributed by atoms with van der Waals surface area (Å²) in [6.45, 7) is 11.0. The number of nitrogens with zero attached hydrogens (tertiary/aromatic N) is 5. The van der Waals surface area contributed by atoms with Crippen LogP contribution in [0.2, 0.25) is 0 Å². The number of aliphatic hydroxyl groups is 1. The standard InChI is InChI=1S/C23H29N7O/c1-5-19(24)16(3)27-21-15(2)20(28-30(21)18-9-7-6-8-10-18)17-11-25-22(26-12-17)29-13-23(4,31)14-29/h6-12,19,27,31H,3,5,13-14,24H2,1-2,4H3/t19-/m0/s1. The van der Waals surface area contributed by atoms with Crippen molar-refractivity contribution >= 4 is 11.8 Å². The third-order valence-electron chi connectivity index (χ3n) is 5.55. The van der Waals surface area contributed by atoms with Crippen LogP contribution in [-0.2, 0) is 0 Å². The van der Waals surface area contributed by atoms with Gasteiger partial charge in [0.2, 0.25) is 5.95 Å². The second-order valence-electron chi connectivity index (χ2n) is 8.36. The minimum absolute atomic E-state index is 0.154. The molecule has 4 N–H and O–H groups in total. The third-order valence-corrected chi connectivity index (χ3v) is 5.55. The summed E-state index contributed by atoms with van der Waals surface area (Å²) in [4.78, 5) is 10.9. The van der Waals surface area contributed by atoms with Gasteiger partial charge in [0.25, 0.3) is 0 Å². The van der Waals surface area contributed by atoms with E-state index in [0.29, 0.717) is 19.0 Å². The highest BCUT2D eigenvalue weighted by Crippen LogP contribution is 2.32. The van der Waals surface area contributed by atoms with Crippen molar-refractivity contribution in [2.75, 3.05) is 23.3 Å². The average molecular weight is 420 g/mol. The van der Waals surface area contributed by atoms with Crippen molar-refractivity contribution in [3.05, 3.63) is 60.6 Å². The summed E-state index contributed by atoms with van der Waals surface area (Å²) in [6, 6.07) is 9.76. The number of nitrogens with one attached hydrogen (secondary N) is 1. The smallest absolute Gasteiger partial charge is 0.225 e. The minimum atomic E-state index is -0.671. The predicted molar refractivity (Wildman–Crippen MR) is 123 cm³/mol. The molecule has 3 heterocycles. The lowest BCUT2D eigenvalue weighted by Crippen LogP contribution is -2.60. The van der Waals surface area contributed by atoms with Crippen LogP contribution in [0.5, 0.6) is 0 Å². The molecule has 4 rings (SSSR count). The van der Waals surface area contributed by atoms with Crippen molar-refractivity contribution in [3.63, 3.8) is 0 Å². The van der Waals surface area contributed by atoms with Crippen molar-refractivity contribution < 1.29 is 5.11 Å². The zero-order chi connectivity index (χ0) is 22.2. The van der Waals surface area contributed by atoms with Gasteiger partial charge in [-0.2, -0.15) is 5.10 Å². The van der Waals surface area contributed by atoms with Gasteiger partial charge in [-0.05, 0) is 32.4 Å². The summed E-state index contributed by atoms with van der Waals surface area (Å²) in [5.74, 6) is 1.43. The van der Waals surface area contributed by atoms with E-state index in [9.17, 15) is 5.11 Å². The maximum atomic E-state index is 9.95. The second kappa shape index (κ2) is 8.13. The number of hydrogen-bond donors (Lipinski definition) is 3. The van der Waals surface area contributed by atoms with Gasteiger partial charge in [0, 0.05) is 35.3 Å². The molecule has 0 radical (unpaired) electrons. The van der Waals surface area contributed by atoms with Gasteiger partial charge in [-0.15, -0.1) is 0 Å². The number of nitrogens with two attached hydrogens (primary N) is 1. The van der Waals surface area contributed by atoms with Gasteiger partial charge in [-0.25, -0.2) is 14.6 Å². The molecule has 0 saturated carbocycles. The number of para-hydroxylation sites is 1. The topological polar surface area (TPSA) is 105 Å². The first-order valence-corrected chi connectivity index (χ1v) is 10.5. The molecule has 1 aliphatic rings. The number of β-amino-alcohol motifs (C(OH)–C–C–N with tert-alkyl or cyclic N) is 1. The Bertz CT molecular complexity index is 1070. The zero-order valence-electron chi connectivity index (χ0n) is 18.2. The van der Waals surface area contributed by atoms with Gasteiger partial charge in [0.1, 0.15) is 11.5 Å². The van der Waals surface area contributed by atoms with Crippen LogP contribution in [-0.4, -0.2) is 49.6 Å². The van der Waals surface area contributed by atoms with Gasteiger partial charge in [0.15, 0.2) is 0 Å². The molecule has 1 atom stereocenters. The number of benzene rings is 1. The summed E-state index contributed by atoms with van der Waals surface area (Å²) in [6.07, 6.45) is 4.34. The molecule has 0 aliphatic carbocycles. The summed E-state index contributed by atoms with van der Waals surface area (Å²) >= 11 is 0. The van der Waals surface area contributed by atoms with Crippen molar-refractivity contribution in [1.29, 1.82) is 0 Å². The van der Waals surface area contributed by atoms with Crippen LogP contribution in [0.3, 0.4) is 0 Å². The van der Waals surface area contributed by atoms with E-state index in [1.165, 1.54) is 0 Å². The highest BCUT2D eigenvalue weighted by Gasteiger charge is 2.38. The van der Waals surface area contributed by atoms with Crippen LogP contribution < -0.4 is 16.0 Å². The number of anilines is 2. The predicted octanol–water partition coefficient (Wildman–Crippen LogP) is 2.87. The normalized spacial score (nSPS) is 16.0. The lowest BCUT2D eigenvalue weighted by Gasteiger charge is -2.44. The Kier molecular flexibility index (Phi) is 5.51. The van der Waals surface area contributed by atoms with Crippen molar-refractivity contribution in [2.24, 2.45) is 5.73 Å². The highest BCUT2D eigenvalue weighted by molar-refractivity contribution is 5.70. The van der Waals surface area contributed by atoms with Crippen molar-refractivity contribution in [3.8, 4) is 16.9 Å². The molecular weight excluding hydrogens is 390 g/mol. The third kappa shape index (κ3) is 4.17. The first-order chi connectivity index (χ1) is 14.8. The Morgan fingerprint density at radius 1 is 1.26 bits per heavy atom. The van der Waals surface area contributed by atoms with Crippen LogP contribution in [0.4, 0.5) is 11.8 Å². The molecular formula is C23H29N7O. The van der Waals surface area contributed by atoms with E-state index in [-0.39, 0.29) is 6.04 Å². The molecule has 1 aromatic carbocycles. The molecule has 8 nitrogen and oxygen atoms in total. The van der Waals surface area contributed by atoms with Crippen molar-refractivity contribution in [2.45, 2.75) is 38.8 Å². The number of rotatable bonds is 7. The minimum Gasteiger partial charge on any atom is -0.386 e. The maximum absolute atomic E-state index is 9.95. The fraction of sp³-hybridized carbons (Fsp3) is 0.348. The van der Waals surface area contributed by atoms with E-state index in [0.717, 1.165) is 40.4 Å². The van der Waals surface area contributed by atoms with E-state index in [4.69, 9.17) is 10.8 Å². The molecule has 0 bridgehead atoms. The summed E-state index contributed by atoms with van der Waals surface area (Å²) in [5.41, 5.74) is 9.72. The largest absolute Gasteiger partial charge is 0.386 e. The van der Waals surface area contributed by atoms with Gasteiger partial charge in [0.05, 0.1) is 24.4 Å². The molecule has 0 unspecified atom stereocenters. The number of hydrogen-bond acceptors (Lipinski definition) is 7. The van der Waals surface area contributed by atoms with Crippen LogP contribution in [0.25, 0.3) is 16.9 Å². The molecule has 162 valence electrons. The molecule has 8 heteroatoms. The second-order valence-corrected chi connectivity index (χ2v) is 8.36. The van der Waals surface area contributed by atoms with E-state index in [1.807, 2.05) is 60.7 Å². The Hall–Kier alpha value is -3.23. The molecule has 1 fully saturated rings. The lowest BCUT2D eigenvalue weighted by atomic mass is 9.98. The average Bonchev–Trinajstić information content (AvgIpc) is 3.08. The molecule has 1 aliphatic heterocycles. The van der Waals surface area contributed by atoms with E-state index < -0.39 is 5.60 Å². The lowest BCUT2D eigenvalue weighted by molar-refractivity contribution is 0.0300. The zero-order valence-corrected chi connectivity index (χ0v) is 18.2. The molecule has 31 heavy (non-hydrogen) atoms. The Labute approximate surface area is 182 Å². The van der Waals surface area contributed by atoms with Gasteiger partial charge < -0.3 is 21.1 Å². The summed E-state index contributed by atoms with van der Waals surface area (Å²) < 4.78 is 1.86. The molecule has 0 amide bonds. The van der Waals surface area contributed by atoms with E-state index in [1.54, 1.807) is 12.4 Å². The van der Waals surface area contributed by atoms with Crippen LogP contribution in [0, 0.1) is 6.92 Å². The van der Waals surface area contributed by atoms with Crippen LogP contribution >= 0.6 is 0 Å². The first-order valence-electron chi connectivity index (χ1n) is 10.5.